The van der Waals surface area contributed by atoms with Gasteiger partial charge in [-0.2, -0.15) is 0 Å². The highest BCUT2D eigenvalue weighted by Gasteiger charge is 2.54. The van der Waals surface area contributed by atoms with Crippen LogP contribution in [-0.4, -0.2) is 43.2 Å². The zero-order chi connectivity index (χ0) is 16.1. The highest BCUT2D eigenvalue weighted by Crippen LogP contribution is 2.51. The minimum atomic E-state index is -0.0439. The van der Waals surface area contributed by atoms with Gasteiger partial charge in [-0.1, -0.05) is 13.3 Å². The van der Waals surface area contributed by atoms with Crippen LogP contribution in [0.2, 0.25) is 0 Å². The molecule has 4 heterocycles. The fourth-order valence-corrected chi connectivity index (χ4v) is 4.39. The Morgan fingerprint density at radius 2 is 2.29 bits per heavy atom. The molecule has 0 spiro atoms. The number of anilines is 1. The maximum Gasteiger partial charge on any atom is 0.224 e. The summed E-state index contributed by atoms with van der Waals surface area (Å²) in [5.74, 6) is 2.97. The second-order valence-corrected chi connectivity index (χ2v) is 6.78. The van der Waals surface area contributed by atoms with Crippen molar-refractivity contribution in [3.8, 4) is 0 Å². The van der Waals surface area contributed by atoms with Gasteiger partial charge in [-0.15, -0.1) is 10.2 Å². The van der Waals surface area contributed by atoms with E-state index in [1.807, 2.05) is 6.92 Å². The van der Waals surface area contributed by atoms with E-state index < -0.39 is 0 Å². The lowest BCUT2D eigenvalue weighted by atomic mass is 9.80. The number of fused-ring (bicyclic) bond motifs is 2. The number of rotatable bonds is 3. The smallest absolute Gasteiger partial charge is 0.224 e. The molecular weight excluding hydrogens is 306 g/mol. The zero-order valence-electron chi connectivity index (χ0n) is 13.6. The molecule has 5 rings (SSSR count). The minimum absolute atomic E-state index is 0.0439. The maximum atomic E-state index is 5.98. The third kappa shape index (κ3) is 1.82. The van der Waals surface area contributed by atoms with Gasteiger partial charge in [-0.3, -0.25) is 0 Å². The number of aromatic amines is 1. The van der Waals surface area contributed by atoms with Gasteiger partial charge in [0, 0.05) is 19.5 Å². The van der Waals surface area contributed by atoms with Crippen molar-refractivity contribution >= 4 is 17.0 Å². The average Bonchev–Trinajstić information content (AvgIpc) is 3.34. The van der Waals surface area contributed by atoms with Crippen LogP contribution >= 0.6 is 0 Å². The highest BCUT2D eigenvalue weighted by molar-refractivity contribution is 5.83. The van der Waals surface area contributed by atoms with E-state index in [0.717, 1.165) is 49.0 Å². The summed E-state index contributed by atoms with van der Waals surface area (Å²) in [4.78, 5) is 18.5. The van der Waals surface area contributed by atoms with Crippen LogP contribution in [0.4, 0.5) is 5.82 Å². The molecule has 0 radical (unpaired) electrons. The van der Waals surface area contributed by atoms with Crippen molar-refractivity contribution in [1.82, 2.24) is 30.1 Å². The van der Waals surface area contributed by atoms with E-state index in [2.05, 4.69) is 35.0 Å². The molecule has 0 bridgehead atoms. The van der Waals surface area contributed by atoms with Gasteiger partial charge in [0.05, 0.1) is 11.7 Å². The molecule has 0 unspecified atom stereocenters. The van der Waals surface area contributed by atoms with Gasteiger partial charge in [-0.05, 0) is 18.8 Å². The Hall–Kier alpha value is -2.51. The van der Waals surface area contributed by atoms with Crippen LogP contribution in [-0.2, 0) is 11.8 Å². The molecule has 24 heavy (non-hydrogen) atoms. The lowest BCUT2D eigenvalue weighted by Crippen LogP contribution is -2.32. The highest BCUT2D eigenvalue weighted by atomic mass is 16.4. The van der Waals surface area contributed by atoms with Crippen LogP contribution in [0.5, 0.6) is 0 Å². The normalized spacial score (nSPS) is 26.4. The summed E-state index contributed by atoms with van der Waals surface area (Å²) in [5.41, 5.74) is 1.56. The quantitative estimate of drug-likeness (QED) is 0.785. The Kier molecular flexibility index (Phi) is 2.89. The first kappa shape index (κ1) is 13.9. The maximum absolute atomic E-state index is 5.98. The van der Waals surface area contributed by atoms with Gasteiger partial charge in [-0.25, -0.2) is 15.0 Å². The number of aryl methyl sites for hydroxylation is 1. The molecule has 2 fully saturated rings. The van der Waals surface area contributed by atoms with Gasteiger partial charge in [0.1, 0.15) is 11.8 Å². The lowest BCUT2D eigenvalue weighted by Gasteiger charge is -2.24. The van der Waals surface area contributed by atoms with E-state index in [4.69, 9.17) is 4.42 Å². The Bertz CT molecular complexity index is 887. The van der Waals surface area contributed by atoms with Gasteiger partial charge < -0.3 is 14.3 Å². The van der Waals surface area contributed by atoms with Crippen LogP contribution in [0.25, 0.3) is 11.2 Å². The molecule has 8 nitrogen and oxygen atoms in total. The predicted molar refractivity (Wildman–Crippen MR) is 86.6 cm³/mol. The molecule has 0 aromatic carbocycles. The first-order valence-electron chi connectivity index (χ1n) is 8.52. The van der Waals surface area contributed by atoms with Gasteiger partial charge in [0.25, 0.3) is 0 Å². The van der Waals surface area contributed by atoms with E-state index in [1.54, 1.807) is 12.7 Å². The molecule has 8 heteroatoms. The summed E-state index contributed by atoms with van der Waals surface area (Å²) in [5, 5.41) is 8.58. The number of hydrogen-bond acceptors (Lipinski definition) is 7. The summed E-state index contributed by atoms with van der Waals surface area (Å²) in [6.07, 6.45) is 7.53. The average molecular weight is 325 g/mol. The molecule has 1 aliphatic heterocycles. The van der Waals surface area contributed by atoms with Crippen molar-refractivity contribution < 1.29 is 4.42 Å². The van der Waals surface area contributed by atoms with E-state index in [9.17, 15) is 0 Å². The summed E-state index contributed by atoms with van der Waals surface area (Å²) in [6, 6.07) is 0. The first-order valence-corrected chi connectivity index (χ1v) is 8.52. The van der Waals surface area contributed by atoms with E-state index >= 15 is 0 Å². The number of H-pyrrole nitrogens is 1. The Morgan fingerprint density at radius 1 is 1.33 bits per heavy atom. The van der Waals surface area contributed by atoms with Crippen LogP contribution in [0, 0.1) is 5.92 Å². The molecule has 1 N–H and O–H groups in total. The van der Waals surface area contributed by atoms with Gasteiger partial charge in [0.2, 0.25) is 11.8 Å². The van der Waals surface area contributed by atoms with Crippen molar-refractivity contribution in [3.63, 3.8) is 0 Å². The molecule has 0 amide bonds. The van der Waals surface area contributed by atoms with E-state index in [0.29, 0.717) is 11.6 Å². The van der Waals surface area contributed by atoms with Crippen molar-refractivity contribution in [3.05, 3.63) is 24.4 Å². The minimum Gasteiger partial charge on any atom is -0.425 e. The van der Waals surface area contributed by atoms with Crippen molar-refractivity contribution in [2.75, 3.05) is 18.0 Å². The van der Waals surface area contributed by atoms with Crippen LogP contribution in [0.1, 0.15) is 38.0 Å². The summed E-state index contributed by atoms with van der Waals surface area (Å²) in [6.45, 7) is 3.85. The monoisotopic (exact) mass is 325 g/mol. The fourth-order valence-electron chi connectivity index (χ4n) is 4.39. The SMILES string of the molecule is CCc1nnc([C@]23CCC[C@H]2CN(c2ncnc4nc[nH]c24)C3)o1. The zero-order valence-corrected chi connectivity index (χ0v) is 13.6. The molecule has 3 aromatic rings. The molecule has 1 saturated carbocycles. The number of aromatic nitrogens is 6. The standard InChI is InChI=1S/C16H19N7O/c1-2-11-21-22-15(24-11)16-5-3-4-10(16)6-23(7-16)14-12-13(18-8-17-12)19-9-20-14/h8-10H,2-7H2,1H3,(H,17,18,19,20)/t10-,16-/m0/s1. The third-order valence-electron chi connectivity index (χ3n) is 5.57. The molecule has 1 saturated heterocycles. The largest absolute Gasteiger partial charge is 0.425 e. The second kappa shape index (κ2) is 4.99. The third-order valence-corrected chi connectivity index (χ3v) is 5.57. The molecular formula is C16H19N7O. The summed E-state index contributed by atoms with van der Waals surface area (Å²) in [7, 11) is 0. The number of nitrogens with zero attached hydrogens (tertiary/aromatic N) is 6. The molecule has 1 aliphatic carbocycles. The Morgan fingerprint density at radius 3 is 3.17 bits per heavy atom. The van der Waals surface area contributed by atoms with Crippen LogP contribution < -0.4 is 4.90 Å². The van der Waals surface area contributed by atoms with Gasteiger partial charge >= 0.3 is 0 Å². The van der Waals surface area contributed by atoms with E-state index in [-0.39, 0.29) is 5.41 Å². The van der Waals surface area contributed by atoms with Crippen molar-refractivity contribution in [1.29, 1.82) is 0 Å². The summed E-state index contributed by atoms with van der Waals surface area (Å²) < 4.78 is 5.98. The predicted octanol–water partition coefficient (Wildman–Crippen LogP) is 1.86. The lowest BCUT2D eigenvalue weighted by molar-refractivity contribution is 0.297. The number of hydrogen-bond donors (Lipinski definition) is 1. The molecule has 2 aliphatic rings. The fraction of sp³-hybridized carbons (Fsp3) is 0.562. The topological polar surface area (TPSA) is 96.6 Å². The van der Waals surface area contributed by atoms with Crippen molar-refractivity contribution in [2.24, 2.45) is 5.92 Å². The van der Waals surface area contributed by atoms with Crippen LogP contribution in [0.3, 0.4) is 0 Å². The Labute approximate surface area is 138 Å². The van der Waals surface area contributed by atoms with Gasteiger partial charge in [0.15, 0.2) is 11.5 Å². The molecule has 2 atom stereocenters. The molecule has 124 valence electrons. The Balaban J connectivity index is 1.55. The second-order valence-electron chi connectivity index (χ2n) is 6.78. The number of imidazole rings is 1. The first-order chi connectivity index (χ1) is 11.8. The molecule has 3 aromatic heterocycles. The number of nitrogens with one attached hydrogen (secondary N) is 1. The summed E-state index contributed by atoms with van der Waals surface area (Å²) >= 11 is 0. The van der Waals surface area contributed by atoms with Crippen LogP contribution in [0.15, 0.2) is 17.1 Å². The van der Waals surface area contributed by atoms with E-state index in [1.165, 1.54) is 12.8 Å². The van der Waals surface area contributed by atoms with Crippen molar-refractivity contribution in [2.45, 2.75) is 38.0 Å².